The molecule has 1 aromatic carbocycles. The molecule has 3 heterocycles. The summed E-state index contributed by atoms with van der Waals surface area (Å²) in [5.74, 6) is 0.469. The smallest absolute Gasteiger partial charge is 0.254 e. The van der Waals surface area contributed by atoms with Crippen LogP contribution in [-0.2, 0) is 11.3 Å². The van der Waals surface area contributed by atoms with E-state index in [0.29, 0.717) is 30.9 Å². The van der Waals surface area contributed by atoms with E-state index < -0.39 is 6.04 Å². The van der Waals surface area contributed by atoms with E-state index in [4.69, 9.17) is 0 Å². The van der Waals surface area contributed by atoms with E-state index in [1.165, 1.54) is 0 Å². The molecule has 1 saturated heterocycles. The second-order valence-corrected chi connectivity index (χ2v) is 7.77. The van der Waals surface area contributed by atoms with E-state index >= 15 is 0 Å². The molecule has 0 radical (unpaired) electrons. The number of benzene rings is 1. The summed E-state index contributed by atoms with van der Waals surface area (Å²) in [6.07, 6.45) is 6.72. The van der Waals surface area contributed by atoms with Crippen LogP contribution in [0.25, 0.3) is 5.82 Å². The molecule has 0 saturated carbocycles. The summed E-state index contributed by atoms with van der Waals surface area (Å²) in [4.78, 5) is 31.6. The Bertz CT molecular complexity index is 987. The molecule has 1 unspecified atom stereocenters. The van der Waals surface area contributed by atoms with Gasteiger partial charge in [-0.3, -0.25) is 9.59 Å². The predicted molar refractivity (Wildman–Crippen MR) is 111 cm³/mol. The number of nitrogens with zero attached hydrogens (tertiary/aromatic N) is 4. The Labute approximate surface area is 176 Å². The Morgan fingerprint density at radius 1 is 1.17 bits per heavy atom. The minimum atomic E-state index is -0.442. The van der Waals surface area contributed by atoms with E-state index in [0.717, 1.165) is 16.5 Å². The molecule has 2 amide bonds. The fourth-order valence-electron chi connectivity index (χ4n) is 3.41. The number of likely N-dealkylation sites (tertiary alicyclic amines) is 1. The third kappa shape index (κ3) is 4.37. The van der Waals surface area contributed by atoms with Gasteiger partial charge in [-0.1, -0.05) is 22.0 Å². The van der Waals surface area contributed by atoms with Gasteiger partial charge in [0.2, 0.25) is 5.91 Å². The first-order valence-electron chi connectivity index (χ1n) is 9.41. The van der Waals surface area contributed by atoms with Gasteiger partial charge >= 0.3 is 0 Å². The minimum Gasteiger partial charge on any atom is -0.350 e. The Morgan fingerprint density at radius 2 is 2.00 bits per heavy atom. The van der Waals surface area contributed by atoms with Crippen LogP contribution in [0.4, 0.5) is 0 Å². The molecule has 0 aliphatic carbocycles. The zero-order valence-electron chi connectivity index (χ0n) is 15.7. The highest BCUT2D eigenvalue weighted by molar-refractivity contribution is 9.10. The second-order valence-electron chi connectivity index (χ2n) is 6.86. The third-order valence-corrected chi connectivity index (χ3v) is 5.45. The molecular weight excluding hydrogens is 434 g/mol. The topological polar surface area (TPSA) is 80.1 Å². The lowest BCUT2D eigenvalue weighted by Gasteiger charge is -2.24. The van der Waals surface area contributed by atoms with Crippen molar-refractivity contribution in [1.82, 2.24) is 25.0 Å². The molecule has 1 fully saturated rings. The molecule has 3 aromatic rings. The molecule has 1 N–H and O–H groups in total. The lowest BCUT2D eigenvalue weighted by atomic mass is 10.1. The Morgan fingerprint density at radius 3 is 2.69 bits per heavy atom. The number of carbonyl (C=O) groups is 2. The zero-order chi connectivity index (χ0) is 20.2. The van der Waals surface area contributed by atoms with Crippen molar-refractivity contribution < 1.29 is 9.59 Å². The van der Waals surface area contributed by atoms with E-state index in [1.807, 2.05) is 36.5 Å². The first-order chi connectivity index (χ1) is 14.1. The second kappa shape index (κ2) is 8.57. The highest BCUT2D eigenvalue weighted by atomic mass is 79.9. The van der Waals surface area contributed by atoms with Crippen LogP contribution >= 0.6 is 15.9 Å². The average Bonchev–Trinajstić information content (AvgIpc) is 3.44. The molecule has 1 aliphatic heterocycles. The van der Waals surface area contributed by atoms with E-state index in [2.05, 4.69) is 31.3 Å². The van der Waals surface area contributed by atoms with Crippen LogP contribution in [0.15, 0.2) is 65.5 Å². The first-order valence-corrected chi connectivity index (χ1v) is 10.2. The maximum Gasteiger partial charge on any atom is 0.254 e. The van der Waals surface area contributed by atoms with Crippen LogP contribution in [-0.4, -0.2) is 44.1 Å². The summed E-state index contributed by atoms with van der Waals surface area (Å²) >= 11 is 3.37. The molecular formula is C21H20BrN5O2. The van der Waals surface area contributed by atoms with Gasteiger partial charge < -0.3 is 10.2 Å². The number of pyridine rings is 1. The van der Waals surface area contributed by atoms with Gasteiger partial charge in [-0.25, -0.2) is 9.67 Å². The number of hydrogen-bond donors (Lipinski definition) is 1. The first kappa shape index (κ1) is 19.3. The van der Waals surface area contributed by atoms with Crippen LogP contribution in [0.3, 0.4) is 0 Å². The molecule has 148 valence electrons. The number of hydrogen-bond acceptors (Lipinski definition) is 4. The van der Waals surface area contributed by atoms with Crippen LogP contribution in [0.1, 0.15) is 28.8 Å². The lowest BCUT2D eigenvalue weighted by Crippen LogP contribution is -2.45. The summed E-state index contributed by atoms with van der Waals surface area (Å²) in [6, 6.07) is 12.4. The number of aromatic nitrogens is 3. The highest BCUT2D eigenvalue weighted by Crippen LogP contribution is 2.21. The van der Waals surface area contributed by atoms with Gasteiger partial charge in [0.05, 0.1) is 0 Å². The Kier molecular flexibility index (Phi) is 5.71. The number of carbonyl (C=O) groups excluding carboxylic acids is 2. The van der Waals surface area contributed by atoms with Crippen LogP contribution in [0.5, 0.6) is 0 Å². The maximum atomic E-state index is 12.8. The van der Waals surface area contributed by atoms with Gasteiger partial charge in [0.15, 0.2) is 5.82 Å². The summed E-state index contributed by atoms with van der Waals surface area (Å²) in [5.41, 5.74) is 1.48. The van der Waals surface area contributed by atoms with Crippen molar-refractivity contribution in [2.75, 3.05) is 6.54 Å². The SMILES string of the molecule is O=C(NCc1ccc(-n2cccn2)nc1)C1CCCN1C(=O)c1ccc(Br)cc1. The highest BCUT2D eigenvalue weighted by Gasteiger charge is 2.34. The fraction of sp³-hybridized carbons (Fsp3) is 0.238. The molecule has 1 aliphatic rings. The van der Waals surface area contributed by atoms with Gasteiger partial charge in [0, 0.05) is 41.7 Å². The van der Waals surface area contributed by atoms with Crippen molar-refractivity contribution in [3.8, 4) is 5.82 Å². The van der Waals surface area contributed by atoms with Gasteiger partial charge in [-0.15, -0.1) is 0 Å². The molecule has 4 rings (SSSR count). The Balaban J connectivity index is 1.37. The molecule has 1 atom stereocenters. The third-order valence-electron chi connectivity index (χ3n) is 4.92. The largest absolute Gasteiger partial charge is 0.350 e. The summed E-state index contributed by atoms with van der Waals surface area (Å²) in [6.45, 7) is 0.954. The Hall–Kier alpha value is -3.00. The summed E-state index contributed by atoms with van der Waals surface area (Å²) in [7, 11) is 0. The van der Waals surface area contributed by atoms with Crippen molar-refractivity contribution in [3.05, 3.63) is 76.7 Å². The van der Waals surface area contributed by atoms with Crippen LogP contribution in [0, 0.1) is 0 Å². The molecule has 8 heteroatoms. The molecule has 7 nitrogen and oxygen atoms in total. The number of amides is 2. The average molecular weight is 454 g/mol. The standard InChI is InChI=1S/C21H20BrN5O2/c22-17-7-5-16(6-8-17)21(29)26-11-1-3-18(26)20(28)24-14-15-4-9-19(23-13-15)27-12-2-10-25-27/h2,4-10,12-13,18H,1,3,11,14H2,(H,24,28). The minimum absolute atomic E-state index is 0.111. The quantitative estimate of drug-likeness (QED) is 0.643. The molecule has 29 heavy (non-hydrogen) atoms. The summed E-state index contributed by atoms with van der Waals surface area (Å²) in [5, 5.41) is 7.08. The lowest BCUT2D eigenvalue weighted by molar-refractivity contribution is -0.125. The number of rotatable bonds is 5. The molecule has 0 bridgehead atoms. The van der Waals surface area contributed by atoms with Gasteiger partial charge in [0.1, 0.15) is 6.04 Å². The van der Waals surface area contributed by atoms with Gasteiger partial charge in [-0.05, 0) is 54.8 Å². The van der Waals surface area contributed by atoms with Crippen LogP contribution < -0.4 is 5.32 Å². The zero-order valence-corrected chi connectivity index (χ0v) is 17.2. The number of nitrogens with one attached hydrogen (secondary N) is 1. The van der Waals surface area contributed by atoms with Crippen molar-refractivity contribution in [2.24, 2.45) is 0 Å². The maximum absolute atomic E-state index is 12.8. The van der Waals surface area contributed by atoms with E-state index in [1.54, 1.807) is 34.1 Å². The van der Waals surface area contributed by atoms with Crippen molar-refractivity contribution >= 4 is 27.7 Å². The predicted octanol–water partition coefficient (Wildman–Crippen LogP) is 2.95. The number of halogens is 1. The molecule has 0 spiro atoms. The van der Waals surface area contributed by atoms with E-state index in [-0.39, 0.29) is 11.8 Å². The summed E-state index contributed by atoms with van der Waals surface area (Å²) < 4.78 is 2.59. The van der Waals surface area contributed by atoms with E-state index in [9.17, 15) is 9.59 Å². The van der Waals surface area contributed by atoms with Crippen molar-refractivity contribution in [2.45, 2.75) is 25.4 Å². The molecule has 2 aromatic heterocycles. The van der Waals surface area contributed by atoms with Crippen molar-refractivity contribution in [1.29, 1.82) is 0 Å². The van der Waals surface area contributed by atoms with Crippen LogP contribution in [0.2, 0.25) is 0 Å². The monoisotopic (exact) mass is 453 g/mol. The normalized spacial score (nSPS) is 16.0. The fourth-order valence-corrected chi connectivity index (χ4v) is 3.67. The van der Waals surface area contributed by atoms with Crippen molar-refractivity contribution in [3.63, 3.8) is 0 Å². The van der Waals surface area contributed by atoms with Gasteiger partial charge in [0.25, 0.3) is 5.91 Å². The van der Waals surface area contributed by atoms with Gasteiger partial charge in [-0.2, -0.15) is 5.10 Å².